The van der Waals surface area contributed by atoms with E-state index in [1.54, 1.807) is 12.1 Å². The third-order valence-corrected chi connectivity index (χ3v) is 7.87. The zero-order chi connectivity index (χ0) is 23.7. The summed E-state index contributed by atoms with van der Waals surface area (Å²) in [6, 6.07) is 8.26. The van der Waals surface area contributed by atoms with Gasteiger partial charge < -0.3 is 0 Å². The normalized spacial score (nSPS) is 12.1. The third kappa shape index (κ3) is 4.97. The van der Waals surface area contributed by atoms with Crippen molar-refractivity contribution in [3.63, 3.8) is 0 Å². The van der Waals surface area contributed by atoms with Crippen LogP contribution in [0.25, 0.3) is 11.3 Å². The number of pyridine rings is 1. The molecule has 7 nitrogen and oxygen atoms in total. The molecule has 2 heterocycles. The summed E-state index contributed by atoms with van der Waals surface area (Å²) in [7, 11) is -0.922. The number of sulfonamides is 1. The summed E-state index contributed by atoms with van der Waals surface area (Å²) in [5.41, 5.74) is 0.104. The Morgan fingerprint density at radius 1 is 1.19 bits per heavy atom. The van der Waals surface area contributed by atoms with Crippen LogP contribution in [0.15, 0.2) is 46.8 Å². The number of carbonyl (C=O) groups excluding carboxylic acids is 1. The lowest BCUT2D eigenvalue weighted by atomic mass is 10.0. The Labute approximate surface area is 187 Å². The minimum atomic E-state index is -4.54. The number of thiazole rings is 1. The minimum absolute atomic E-state index is 0.0230. The summed E-state index contributed by atoms with van der Waals surface area (Å²) in [6.45, 7) is 1.54. The molecule has 0 fully saturated rings. The number of hydrogen-bond acceptors (Lipinski definition) is 6. The number of aromatic nitrogens is 2. The first kappa shape index (κ1) is 23.8. The number of anilines is 1. The molecule has 1 aromatic carbocycles. The molecule has 0 aliphatic carbocycles. The monoisotopic (exact) mass is 484 g/mol. The van der Waals surface area contributed by atoms with E-state index in [0.717, 1.165) is 17.4 Å². The van der Waals surface area contributed by atoms with Crippen molar-refractivity contribution in [2.75, 3.05) is 19.0 Å². The minimum Gasteiger partial charge on any atom is -0.291 e. The van der Waals surface area contributed by atoms with Crippen molar-refractivity contribution >= 4 is 32.4 Å². The molecule has 12 heteroatoms. The second kappa shape index (κ2) is 8.96. The lowest BCUT2D eigenvalue weighted by Gasteiger charge is -2.14. The lowest BCUT2D eigenvalue weighted by Crippen LogP contribution is -2.27. The van der Waals surface area contributed by atoms with Crippen molar-refractivity contribution < 1.29 is 26.4 Å². The molecule has 32 heavy (non-hydrogen) atoms. The van der Waals surface area contributed by atoms with Gasteiger partial charge in [-0.2, -0.15) is 13.2 Å². The number of halogens is 3. The van der Waals surface area contributed by atoms with Crippen molar-refractivity contribution in [2.45, 2.75) is 23.7 Å². The Morgan fingerprint density at radius 2 is 1.84 bits per heavy atom. The van der Waals surface area contributed by atoms with E-state index < -0.39 is 21.8 Å². The molecule has 1 N–H and O–H groups in total. The van der Waals surface area contributed by atoms with Gasteiger partial charge in [-0.1, -0.05) is 35.6 Å². The van der Waals surface area contributed by atoms with Gasteiger partial charge in [0, 0.05) is 18.8 Å². The molecule has 0 spiro atoms. The van der Waals surface area contributed by atoms with Crippen LogP contribution in [0.3, 0.4) is 0 Å². The van der Waals surface area contributed by atoms with E-state index in [0.29, 0.717) is 5.56 Å². The number of nitrogens with one attached hydrogen (secondary N) is 1. The maximum Gasteiger partial charge on any atom is 0.418 e. The zero-order valence-corrected chi connectivity index (χ0v) is 18.9. The van der Waals surface area contributed by atoms with Gasteiger partial charge in [-0.05, 0) is 31.7 Å². The molecule has 1 amide bonds. The quantitative estimate of drug-likeness (QED) is 0.577. The number of alkyl halides is 3. The highest BCUT2D eigenvalue weighted by Crippen LogP contribution is 2.35. The molecule has 0 radical (unpaired) electrons. The Morgan fingerprint density at radius 3 is 2.44 bits per heavy atom. The van der Waals surface area contributed by atoms with Crippen molar-refractivity contribution in [2.24, 2.45) is 0 Å². The van der Waals surface area contributed by atoms with E-state index >= 15 is 0 Å². The Balaban J connectivity index is 1.78. The first-order valence-electron chi connectivity index (χ1n) is 9.23. The molecule has 170 valence electrons. The third-order valence-electron chi connectivity index (χ3n) is 4.61. The predicted octanol–water partition coefficient (Wildman–Crippen LogP) is 3.65. The van der Waals surface area contributed by atoms with Crippen LogP contribution in [0, 0.1) is 6.92 Å². The van der Waals surface area contributed by atoms with Crippen molar-refractivity contribution in [1.82, 2.24) is 14.7 Å². The van der Waals surface area contributed by atoms with Gasteiger partial charge in [0.1, 0.15) is 0 Å². The van der Waals surface area contributed by atoms with E-state index in [1.165, 1.54) is 50.3 Å². The van der Waals surface area contributed by atoms with Crippen molar-refractivity contribution in [3.8, 4) is 11.3 Å². The summed E-state index contributed by atoms with van der Waals surface area (Å²) in [5.74, 6) is -0.353. The summed E-state index contributed by atoms with van der Waals surface area (Å²) in [6.07, 6.45) is -3.29. The van der Waals surface area contributed by atoms with Gasteiger partial charge in [0.15, 0.2) is 9.34 Å². The summed E-state index contributed by atoms with van der Waals surface area (Å²) in [4.78, 5) is 21.9. The highest BCUT2D eigenvalue weighted by molar-refractivity contribution is 7.91. The molecule has 0 saturated heterocycles. The molecule has 0 saturated carbocycles. The molecule has 0 unspecified atom stereocenters. The van der Waals surface area contributed by atoms with Gasteiger partial charge >= 0.3 is 6.18 Å². The van der Waals surface area contributed by atoms with Gasteiger partial charge in [-0.15, -0.1) is 0 Å². The number of carbonyl (C=O) groups is 1. The Hall–Kier alpha value is -2.83. The van der Waals surface area contributed by atoms with Crippen LogP contribution in [0.5, 0.6) is 0 Å². The number of amides is 1. The van der Waals surface area contributed by atoms with Crippen LogP contribution in [0.4, 0.5) is 18.3 Å². The van der Waals surface area contributed by atoms with Crippen LogP contribution in [-0.4, -0.2) is 38.4 Å². The van der Waals surface area contributed by atoms with E-state index in [-0.39, 0.29) is 38.6 Å². The summed E-state index contributed by atoms with van der Waals surface area (Å²) < 4.78 is 66.0. The number of aryl methyl sites for hydroxylation is 1. The molecule has 0 atom stereocenters. The molecular formula is C20H19F3N4O3S2. The lowest BCUT2D eigenvalue weighted by molar-refractivity contribution is -0.137. The molecule has 3 aromatic rings. The van der Waals surface area contributed by atoms with E-state index in [4.69, 9.17) is 0 Å². The van der Waals surface area contributed by atoms with Crippen LogP contribution in [-0.2, 0) is 27.4 Å². The van der Waals surface area contributed by atoms with Gasteiger partial charge in [-0.3, -0.25) is 14.7 Å². The van der Waals surface area contributed by atoms with Gasteiger partial charge in [-0.25, -0.2) is 18.1 Å². The maximum absolute atomic E-state index is 13.2. The number of hydrogen-bond donors (Lipinski definition) is 1. The highest BCUT2D eigenvalue weighted by atomic mass is 32.2. The fraction of sp³-hybridized carbons (Fsp3) is 0.250. The van der Waals surface area contributed by atoms with Gasteiger partial charge in [0.05, 0.1) is 23.4 Å². The van der Waals surface area contributed by atoms with Crippen molar-refractivity contribution in [1.29, 1.82) is 0 Å². The van der Waals surface area contributed by atoms with Crippen LogP contribution < -0.4 is 9.62 Å². The average Bonchev–Trinajstić information content (AvgIpc) is 3.15. The first-order chi connectivity index (χ1) is 14.9. The van der Waals surface area contributed by atoms with Crippen LogP contribution in [0.2, 0.25) is 0 Å². The predicted molar refractivity (Wildman–Crippen MR) is 115 cm³/mol. The summed E-state index contributed by atoms with van der Waals surface area (Å²) in [5, 5.41) is 0.223. The maximum atomic E-state index is 13.2. The zero-order valence-electron chi connectivity index (χ0n) is 17.3. The highest BCUT2D eigenvalue weighted by Gasteiger charge is 2.34. The van der Waals surface area contributed by atoms with E-state index in [2.05, 4.69) is 14.7 Å². The Bertz CT molecular complexity index is 1240. The van der Waals surface area contributed by atoms with Crippen LogP contribution in [0.1, 0.15) is 16.8 Å². The van der Waals surface area contributed by atoms with E-state index in [9.17, 15) is 26.4 Å². The second-order valence-electron chi connectivity index (χ2n) is 6.80. The van der Waals surface area contributed by atoms with Crippen LogP contribution >= 0.6 is 11.3 Å². The number of rotatable bonds is 6. The van der Waals surface area contributed by atoms with Gasteiger partial charge in [0.2, 0.25) is 5.91 Å². The first-order valence-corrected chi connectivity index (χ1v) is 11.5. The topological polar surface area (TPSA) is 92.3 Å². The fourth-order valence-corrected chi connectivity index (χ4v) is 5.21. The molecule has 0 aliphatic heterocycles. The number of benzene rings is 1. The Kier molecular flexibility index (Phi) is 6.67. The smallest absolute Gasteiger partial charge is 0.291 e. The number of nitrogens with zero attached hydrogens (tertiary/aromatic N) is 3. The van der Waals surface area contributed by atoms with Crippen molar-refractivity contribution in [3.05, 3.63) is 59.4 Å². The summed E-state index contributed by atoms with van der Waals surface area (Å²) >= 11 is 0.870. The fourth-order valence-electron chi connectivity index (χ4n) is 2.90. The standard InChI is InChI=1S/C20H19F3N4O3S2/c1-12-18(32(29,30)24-2)31-19(26-12)27(3)16(28)11-13-6-8-14(9-7-13)17-15(20(21,22)23)5-4-10-25-17/h4-10,24H,11H2,1-3H3. The molecule has 0 aliphatic rings. The largest absolute Gasteiger partial charge is 0.418 e. The molecular weight excluding hydrogens is 465 g/mol. The van der Waals surface area contributed by atoms with E-state index in [1.807, 2.05) is 0 Å². The average molecular weight is 485 g/mol. The SMILES string of the molecule is CNS(=O)(=O)c1sc(N(C)C(=O)Cc2ccc(-c3ncccc3C(F)(F)F)cc2)nc1C. The molecule has 0 bridgehead atoms. The molecule has 2 aromatic heterocycles. The van der Waals surface area contributed by atoms with Gasteiger partial charge in [0.25, 0.3) is 10.0 Å². The second-order valence-corrected chi connectivity index (χ2v) is 9.86. The molecule has 3 rings (SSSR count). The number of likely N-dealkylation sites (N-methyl/N-ethyl adjacent to an activating group) is 1.